The van der Waals surface area contributed by atoms with Crippen molar-refractivity contribution in [2.24, 2.45) is 28.2 Å². The predicted octanol–water partition coefficient (Wildman–Crippen LogP) is 21.6. The van der Waals surface area contributed by atoms with E-state index in [0.717, 1.165) is 52.8 Å². The Morgan fingerprint density at radius 3 is 0.866 bits per heavy atom. The summed E-state index contributed by atoms with van der Waals surface area (Å²) in [6.45, 7) is 19.3. The van der Waals surface area contributed by atoms with Gasteiger partial charge in [-0.2, -0.15) is 0 Å². The van der Waals surface area contributed by atoms with Crippen molar-refractivity contribution in [2.75, 3.05) is 0 Å². The van der Waals surface area contributed by atoms with Gasteiger partial charge in [0.1, 0.15) is 28.2 Å². The third kappa shape index (κ3) is 16.6. The van der Waals surface area contributed by atoms with Crippen molar-refractivity contribution in [2.45, 2.75) is 143 Å². The fourth-order valence-electron chi connectivity index (χ4n) is 13.3. The monoisotopic (exact) mass is 1290 g/mol. The first-order valence-electron chi connectivity index (χ1n) is 40.4. The fourth-order valence-corrected chi connectivity index (χ4v) is 13.3. The first-order valence-corrected chi connectivity index (χ1v) is 33.9. The van der Waals surface area contributed by atoms with Gasteiger partial charge in [0, 0.05) is 86.6 Å². The van der Waals surface area contributed by atoms with Crippen LogP contribution in [0.25, 0.3) is 89.5 Å². The molecule has 0 saturated carbocycles. The van der Waals surface area contributed by atoms with Gasteiger partial charge in [0.25, 0.3) is 0 Å². The van der Waals surface area contributed by atoms with Gasteiger partial charge >= 0.3 is 0 Å². The third-order valence-corrected chi connectivity index (χ3v) is 18.8. The number of rotatable bonds is 13. The number of nitrogens with zero attached hydrogens (tertiary/aromatic N) is 4. The van der Waals surface area contributed by atoms with Crippen LogP contribution in [0.1, 0.15) is 141 Å². The lowest BCUT2D eigenvalue weighted by Gasteiger charge is -2.13. The molecule has 494 valence electrons. The molecule has 12 aromatic rings. The molecule has 0 atom stereocenters. The predicted molar refractivity (Wildman–Crippen MR) is 413 cm³/mol. The molecule has 4 heteroatoms. The molecular formula is C93H106N4+4. The van der Waals surface area contributed by atoms with E-state index in [2.05, 4.69) is 188 Å². The van der Waals surface area contributed by atoms with E-state index < -0.39 is 33.3 Å². The summed E-state index contributed by atoms with van der Waals surface area (Å²) in [5, 5.41) is 0. The second kappa shape index (κ2) is 32.4. The number of aromatic nitrogens is 4. The minimum atomic E-state index is -2.47. The summed E-state index contributed by atoms with van der Waals surface area (Å²) in [4.78, 5) is 0. The highest BCUT2D eigenvalue weighted by molar-refractivity contribution is 5.79. The van der Waals surface area contributed by atoms with Crippen molar-refractivity contribution in [3.05, 3.63) is 308 Å². The summed E-state index contributed by atoms with van der Waals surface area (Å²) >= 11 is 0. The molecule has 12 rings (SSSR count). The minimum absolute atomic E-state index is 0.0451. The molecule has 0 aliphatic heterocycles. The molecule has 4 aromatic heterocycles. The molecule has 0 aliphatic carbocycles. The van der Waals surface area contributed by atoms with Gasteiger partial charge in [-0.3, -0.25) is 0 Å². The summed E-state index contributed by atoms with van der Waals surface area (Å²) in [6, 6.07) is 64.9. The lowest BCUT2D eigenvalue weighted by molar-refractivity contribution is -0.661. The number of hydrogen-bond acceptors (Lipinski definition) is 0. The first-order chi connectivity index (χ1) is 51.5. The zero-order valence-corrected chi connectivity index (χ0v) is 60.2. The summed E-state index contributed by atoms with van der Waals surface area (Å²) < 4.78 is 112. The highest BCUT2D eigenvalue weighted by Gasteiger charge is 2.23. The van der Waals surface area contributed by atoms with Crippen LogP contribution in [0, 0.1) is 75.9 Å². The van der Waals surface area contributed by atoms with Crippen LogP contribution in [0.2, 0.25) is 0 Å². The van der Waals surface area contributed by atoms with Crippen LogP contribution < -0.4 is 18.3 Å². The maximum Gasteiger partial charge on any atom is 0.212 e. The third-order valence-electron chi connectivity index (χ3n) is 18.8. The van der Waals surface area contributed by atoms with E-state index in [4.69, 9.17) is 17.8 Å². The Morgan fingerprint density at radius 2 is 0.526 bits per heavy atom. The van der Waals surface area contributed by atoms with Gasteiger partial charge in [0.05, 0.1) is 0 Å². The highest BCUT2D eigenvalue weighted by Crippen LogP contribution is 2.36. The lowest BCUT2D eigenvalue weighted by atomic mass is 9.92. The lowest BCUT2D eigenvalue weighted by Crippen LogP contribution is -2.32. The van der Waals surface area contributed by atoms with Gasteiger partial charge in [0.2, 0.25) is 22.8 Å². The highest BCUT2D eigenvalue weighted by atomic mass is 14.9. The van der Waals surface area contributed by atoms with E-state index in [1.165, 1.54) is 102 Å². The van der Waals surface area contributed by atoms with Crippen LogP contribution in [0.5, 0.6) is 0 Å². The number of benzene rings is 8. The molecule has 0 amide bonds. The van der Waals surface area contributed by atoms with Crippen LogP contribution in [0.15, 0.2) is 219 Å². The molecular weight excluding hydrogens is 1170 g/mol. The van der Waals surface area contributed by atoms with Crippen LogP contribution in [-0.2, 0) is 60.2 Å². The van der Waals surface area contributed by atoms with Gasteiger partial charge < -0.3 is 0 Å². The van der Waals surface area contributed by atoms with Crippen molar-refractivity contribution in [1.29, 1.82) is 0 Å². The normalized spacial score (nSPS) is 13.6. The molecule has 0 N–H and O–H groups in total. The van der Waals surface area contributed by atoms with Crippen molar-refractivity contribution in [3.63, 3.8) is 0 Å². The van der Waals surface area contributed by atoms with Crippen molar-refractivity contribution < 1.29 is 36.1 Å². The molecule has 8 aromatic carbocycles. The zero-order valence-electron chi connectivity index (χ0n) is 73.2. The quantitative estimate of drug-likeness (QED) is 0.102. The number of hydrogen-bond donors (Lipinski definition) is 0. The van der Waals surface area contributed by atoms with Gasteiger partial charge in [-0.05, 0) is 243 Å². The second-order valence-electron chi connectivity index (χ2n) is 25.7. The summed E-state index contributed by atoms with van der Waals surface area (Å²) in [5.74, 6) is 0. The van der Waals surface area contributed by atoms with Crippen LogP contribution >= 0.6 is 0 Å². The molecule has 4 heterocycles. The minimum Gasteiger partial charge on any atom is -0.201 e. The molecule has 0 unspecified atom stereocenters. The van der Waals surface area contributed by atoms with E-state index >= 15 is 0 Å². The second-order valence-corrected chi connectivity index (χ2v) is 25.7. The Bertz CT molecular complexity index is 5280. The van der Waals surface area contributed by atoms with E-state index in [9.17, 15) is 0 Å². The summed E-state index contributed by atoms with van der Waals surface area (Å²) in [7, 11) is 7.90. The average Bonchev–Trinajstić information content (AvgIpc) is 0.764. The molecule has 0 aliphatic rings. The van der Waals surface area contributed by atoms with Crippen molar-refractivity contribution in [3.8, 4) is 89.5 Å². The van der Waals surface area contributed by atoms with E-state index in [0.29, 0.717) is 39.1 Å². The van der Waals surface area contributed by atoms with E-state index in [1.807, 2.05) is 104 Å². The zero-order chi connectivity index (χ0) is 80.9. The van der Waals surface area contributed by atoms with E-state index in [-0.39, 0.29) is 16.7 Å². The molecule has 0 saturated heterocycles. The average molecular weight is 1290 g/mol. The molecule has 0 bridgehead atoms. The maximum atomic E-state index is 8.20. The Balaban J connectivity index is 0.000000170. The molecule has 0 fully saturated rings. The van der Waals surface area contributed by atoms with E-state index in [1.54, 1.807) is 49.7 Å². The Kier molecular flexibility index (Phi) is 18.5. The largest absolute Gasteiger partial charge is 0.212 e. The summed E-state index contributed by atoms with van der Waals surface area (Å²) in [6.07, 6.45) is 7.73. The summed E-state index contributed by atoms with van der Waals surface area (Å²) in [5.41, 5.74) is 31.2. The van der Waals surface area contributed by atoms with Gasteiger partial charge in [-0.15, -0.1) is 0 Å². The smallest absolute Gasteiger partial charge is 0.201 e. The Hall–Kier alpha value is -9.64. The Morgan fingerprint density at radius 1 is 0.247 bits per heavy atom. The van der Waals surface area contributed by atoms with Gasteiger partial charge in [-0.25, -0.2) is 18.3 Å². The molecule has 4 nitrogen and oxygen atoms in total. The molecule has 97 heavy (non-hydrogen) atoms. The maximum absolute atomic E-state index is 8.20. The number of aryl methyl sites for hydroxylation is 20. The van der Waals surface area contributed by atoms with Gasteiger partial charge in [0.15, 0.2) is 24.8 Å². The standard InChI is InChI=1S/C24H28N.3C23H26N/c1-6-19-14-24(25(5)16-20(19)7-2)23-15-22(17(3)13-18(23)4)21-11-9-8-10-12-21;1-6-19-15-24(5)23(13-16(19)2)22-14-21(17(3)12-18(22)4)20-10-8-7-9-11-20;2*1-6-19-13-23(24(5)15-18(19)4)22-14-21(16(2)12-17(22)3)20-10-8-7-9-11-20/h8-16H,6-7H2,1-5H3;3*7-15H,6H2,1-5H3/q4*+1/i;3D3,6D2;2D3,4D3,6D2;. The first kappa shape index (κ1) is 55.5. The van der Waals surface area contributed by atoms with Crippen molar-refractivity contribution in [1.82, 2.24) is 0 Å². The topological polar surface area (TPSA) is 15.5 Å². The Labute approximate surface area is 601 Å². The number of pyridine rings is 4. The molecule has 0 radical (unpaired) electrons. The van der Waals surface area contributed by atoms with Crippen molar-refractivity contribution >= 4 is 0 Å². The van der Waals surface area contributed by atoms with Crippen LogP contribution in [0.3, 0.4) is 0 Å². The van der Waals surface area contributed by atoms with Crippen LogP contribution in [-0.4, -0.2) is 0 Å². The molecule has 0 spiro atoms. The van der Waals surface area contributed by atoms with Crippen LogP contribution in [0.4, 0.5) is 0 Å². The van der Waals surface area contributed by atoms with Gasteiger partial charge in [-0.1, -0.05) is 180 Å². The fraction of sp³-hybridized carbons (Fsp3) is 0.269. The SMILES string of the molecule is CCc1cc(-c2cc(-c3ccccc3)c(C)cc2C)[n+](C)cc1C.CCc1cc(-c2cc(-c3ccccc3)c(C)cc2C)[n+](C)cc1CC.[2H]C([2H])([2H])c1cc(C)c(-c2cc(C([2H])([2H])C)c(C([2H])([2H])[2H])c[n+]2C)cc1-c1ccccc1.[2H]C([2H])([2H])c1cc(C)c(-c2cc(C)c(C([2H])([2H])C)c[n+]2C)cc1-c1ccccc1.